The van der Waals surface area contributed by atoms with Crippen molar-refractivity contribution in [1.29, 1.82) is 0 Å². The zero-order valence-corrected chi connectivity index (χ0v) is 9.29. The lowest BCUT2D eigenvalue weighted by atomic mass is 10.1. The Hall–Kier alpha value is -0.890. The third kappa shape index (κ3) is 1.78. The van der Waals surface area contributed by atoms with Crippen molar-refractivity contribution in [3.05, 3.63) is 29.1 Å². The molecule has 2 aliphatic rings. The van der Waals surface area contributed by atoms with Crippen LogP contribution in [0.3, 0.4) is 0 Å². The average molecular weight is 202 g/mol. The first-order valence-corrected chi connectivity index (χ1v) is 6.11. The molecule has 0 spiro atoms. The van der Waals surface area contributed by atoms with Crippen molar-refractivity contribution in [2.45, 2.75) is 51.1 Å². The van der Waals surface area contributed by atoms with Gasteiger partial charge in [0.25, 0.3) is 0 Å². The minimum Gasteiger partial charge on any atom is -0.307 e. The molecule has 1 atom stereocenters. The van der Waals surface area contributed by atoms with Gasteiger partial charge in [-0.3, -0.25) is 4.98 Å². The quantitative estimate of drug-likeness (QED) is 0.814. The molecule has 0 bridgehead atoms. The van der Waals surface area contributed by atoms with Crippen molar-refractivity contribution in [2.24, 2.45) is 0 Å². The van der Waals surface area contributed by atoms with Crippen LogP contribution in [0, 0.1) is 0 Å². The van der Waals surface area contributed by atoms with Gasteiger partial charge in [-0.1, -0.05) is 13.0 Å². The summed E-state index contributed by atoms with van der Waals surface area (Å²) in [5.41, 5.74) is 4.03. The molecule has 80 valence electrons. The third-order valence-corrected chi connectivity index (χ3v) is 3.49. The number of rotatable bonds is 3. The number of aromatic nitrogens is 1. The van der Waals surface area contributed by atoms with Crippen molar-refractivity contribution in [3.8, 4) is 0 Å². The Bertz CT molecular complexity index is 369. The Morgan fingerprint density at radius 2 is 2.20 bits per heavy atom. The second kappa shape index (κ2) is 3.60. The van der Waals surface area contributed by atoms with E-state index >= 15 is 0 Å². The molecular weight excluding hydrogens is 184 g/mol. The van der Waals surface area contributed by atoms with Gasteiger partial charge in [-0.05, 0) is 43.7 Å². The number of nitrogens with zero attached hydrogens (tertiary/aromatic N) is 1. The SMILES string of the molecule is CCc1ccc2c(n1)CCC2NC1CC1. The number of nitrogens with one attached hydrogen (secondary N) is 1. The van der Waals surface area contributed by atoms with E-state index in [4.69, 9.17) is 4.98 Å². The van der Waals surface area contributed by atoms with Crippen LogP contribution < -0.4 is 5.32 Å². The number of fused-ring (bicyclic) bond motifs is 1. The minimum atomic E-state index is 0.589. The highest BCUT2D eigenvalue weighted by atomic mass is 15.0. The van der Waals surface area contributed by atoms with Gasteiger partial charge in [-0.2, -0.15) is 0 Å². The fourth-order valence-electron chi connectivity index (χ4n) is 2.42. The highest BCUT2D eigenvalue weighted by Crippen LogP contribution is 2.33. The molecular formula is C13H18N2. The second-order valence-corrected chi connectivity index (χ2v) is 4.72. The molecule has 3 rings (SSSR count). The van der Waals surface area contributed by atoms with Crippen LogP contribution in [0.4, 0.5) is 0 Å². The molecule has 2 nitrogen and oxygen atoms in total. The lowest BCUT2D eigenvalue weighted by Gasteiger charge is -2.12. The zero-order chi connectivity index (χ0) is 10.3. The van der Waals surface area contributed by atoms with E-state index in [1.807, 2.05) is 0 Å². The number of pyridine rings is 1. The second-order valence-electron chi connectivity index (χ2n) is 4.72. The maximum absolute atomic E-state index is 4.71. The predicted molar refractivity (Wildman–Crippen MR) is 60.8 cm³/mol. The monoisotopic (exact) mass is 202 g/mol. The molecule has 1 heterocycles. The molecule has 0 aliphatic heterocycles. The maximum Gasteiger partial charge on any atom is 0.0455 e. The molecule has 1 N–H and O–H groups in total. The van der Waals surface area contributed by atoms with Gasteiger partial charge in [0.15, 0.2) is 0 Å². The summed E-state index contributed by atoms with van der Waals surface area (Å²) < 4.78 is 0. The lowest BCUT2D eigenvalue weighted by molar-refractivity contribution is 0.527. The van der Waals surface area contributed by atoms with Gasteiger partial charge >= 0.3 is 0 Å². The standard InChI is InChI=1S/C13H18N2/c1-2-9-5-6-11-12(14-9)7-8-13(11)15-10-3-4-10/h5-6,10,13,15H,2-4,7-8H2,1H3. The van der Waals surface area contributed by atoms with Crippen LogP contribution in [0.25, 0.3) is 0 Å². The largest absolute Gasteiger partial charge is 0.307 e. The summed E-state index contributed by atoms with van der Waals surface area (Å²) in [7, 11) is 0. The van der Waals surface area contributed by atoms with E-state index < -0.39 is 0 Å². The summed E-state index contributed by atoms with van der Waals surface area (Å²) >= 11 is 0. The molecule has 1 saturated carbocycles. The Balaban J connectivity index is 1.83. The maximum atomic E-state index is 4.71. The van der Waals surface area contributed by atoms with E-state index in [0.29, 0.717) is 6.04 Å². The van der Waals surface area contributed by atoms with Gasteiger partial charge < -0.3 is 5.32 Å². The molecule has 2 heteroatoms. The molecule has 0 amide bonds. The van der Waals surface area contributed by atoms with E-state index in [1.54, 1.807) is 0 Å². The molecule has 1 aromatic heterocycles. The molecule has 0 aromatic carbocycles. The van der Waals surface area contributed by atoms with E-state index in [9.17, 15) is 0 Å². The van der Waals surface area contributed by atoms with Crippen LogP contribution in [-0.4, -0.2) is 11.0 Å². The summed E-state index contributed by atoms with van der Waals surface area (Å²) in [6.07, 6.45) is 6.19. The van der Waals surface area contributed by atoms with Gasteiger partial charge in [-0.15, -0.1) is 0 Å². The summed E-state index contributed by atoms with van der Waals surface area (Å²) in [6, 6.07) is 5.86. The van der Waals surface area contributed by atoms with Crippen LogP contribution in [0.15, 0.2) is 12.1 Å². The first kappa shape index (κ1) is 9.34. The number of aryl methyl sites for hydroxylation is 2. The molecule has 0 saturated heterocycles. The Kier molecular flexibility index (Phi) is 2.24. The Labute approximate surface area is 91.1 Å². The van der Waals surface area contributed by atoms with Crippen LogP contribution in [0.2, 0.25) is 0 Å². The van der Waals surface area contributed by atoms with Crippen molar-refractivity contribution in [3.63, 3.8) is 0 Å². The van der Waals surface area contributed by atoms with Crippen molar-refractivity contribution in [2.75, 3.05) is 0 Å². The lowest BCUT2D eigenvalue weighted by Crippen LogP contribution is -2.21. The van der Waals surface area contributed by atoms with Crippen molar-refractivity contribution < 1.29 is 0 Å². The fourth-order valence-corrected chi connectivity index (χ4v) is 2.42. The first-order valence-electron chi connectivity index (χ1n) is 6.11. The predicted octanol–water partition coefficient (Wildman–Crippen LogP) is 2.38. The summed E-state index contributed by atoms with van der Waals surface area (Å²) in [5.74, 6) is 0. The van der Waals surface area contributed by atoms with Crippen LogP contribution in [0.5, 0.6) is 0 Å². The summed E-state index contributed by atoms with van der Waals surface area (Å²) in [4.78, 5) is 4.71. The fraction of sp³-hybridized carbons (Fsp3) is 0.615. The highest BCUT2D eigenvalue weighted by molar-refractivity contribution is 5.31. The van der Waals surface area contributed by atoms with Gasteiger partial charge in [-0.25, -0.2) is 0 Å². The molecule has 1 aromatic rings. The van der Waals surface area contributed by atoms with E-state index in [-0.39, 0.29) is 0 Å². The van der Waals surface area contributed by atoms with Gasteiger partial charge in [0, 0.05) is 23.5 Å². The molecule has 1 fully saturated rings. The van der Waals surface area contributed by atoms with Crippen molar-refractivity contribution in [1.82, 2.24) is 10.3 Å². The Morgan fingerprint density at radius 3 is 2.93 bits per heavy atom. The average Bonchev–Trinajstić information content (AvgIpc) is 2.99. The summed E-state index contributed by atoms with van der Waals surface area (Å²) in [5, 5.41) is 3.71. The summed E-state index contributed by atoms with van der Waals surface area (Å²) in [6.45, 7) is 2.17. The topological polar surface area (TPSA) is 24.9 Å². The number of hydrogen-bond donors (Lipinski definition) is 1. The van der Waals surface area contributed by atoms with Gasteiger partial charge in [0.1, 0.15) is 0 Å². The first-order chi connectivity index (χ1) is 7.36. The third-order valence-electron chi connectivity index (χ3n) is 3.49. The normalized spacial score (nSPS) is 24.2. The van der Waals surface area contributed by atoms with E-state index in [0.717, 1.165) is 18.9 Å². The number of hydrogen-bond acceptors (Lipinski definition) is 2. The van der Waals surface area contributed by atoms with E-state index in [2.05, 4.69) is 24.4 Å². The van der Waals surface area contributed by atoms with Crippen LogP contribution >= 0.6 is 0 Å². The van der Waals surface area contributed by atoms with Crippen LogP contribution in [-0.2, 0) is 12.8 Å². The van der Waals surface area contributed by atoms with Gasteiger partial charge in [0.05, 0.1) is 0 Å². The smallest absolute Gasteiger partial charge is 0.0455 e. The zero-order valence-electron chi connectivity index (χ0n) is 9.29. The molecule has 15 heavy (non-hydrogen) atoms. The Morgan fingerprint density at radius 1 is 1.33 bits per heavy atom. The molecule has 1 unspecified atom stereocenters. The van der Waals surface area contributed by atoms with Gasteiger partial charge in [0.2, 0.25) is 0 Å². The highest BCUT2D eigenvalue weighted by Gasteiger charge is 2.29. The van der Waals surface area contributed by atoms with Crippen LogP contribution in [0.1, 0.15) is 49.2 Å². The molecule has 2 aliphatic carbocycles. The van der Waals surface area contributed by atoms with E-state index in [1.165, 1.54) is 36.2 Å². The minimum absolute atomic E-state index is 0.589. The van der Waals surface area contributed by atoms with Crippen molar-refractivity contribution >= 4 is 0 Å². The molecule has 0 radical (unpaired) electrons.